The average Bonchev–Trinajstić information content (AvgIpc) is 2.62. The highest BCUT2D eigenvalue weighted by atomic mass is 35.5. The number of ether oxygens (including phenoxy) is 2. The van der Waals surface area contributed by atoms with Gasteiger partial charge in [0.25, 0.3) is 0 Å². The molecule has 0 saturated heterocycles. The Morgan fingerprint density at radius 3 is 3.00 bits per heavy atom. The summed E-state index contributed by atoms with van der Waals surface area (Å²) < 4.78 is 10.6. The summed E-state index contributed by atoms with van der Waals surface area (Å²) in [5, 5.41) is 0.736. The van der Waals surface area contributed by atoms with Crippen LogP contribution in [0.3, 0.4) is 0 Å². The third-order valence-corrected chi connectivity index (χ3v) is 2.84. The first-order valence-corrected chi connectivity index (χ1v) is 4.89. The molecule has 1 aliphatic heterocycles. The Bertz CT molecular complexity index is 366. The number of rotatable bonds is 2. The van der Waals surface area contributed by atoms with Crippen LogP contribution in [0, 0.1) is 6.92 Å². The van der Waals surface area contributed by atoms with Gasteiger partial charge in [0.2, 0.25) is 6.79 Å². The Kier molecular flexibility index (Phi) is 2.52. The lowest BCUT2D eigenvalue weighted by atomic mass is 10.1. The molecule has 0 aromatic heterocycles. The summed E-state index contributed by atoms with van der Waals surface area (Å²) in [6, 6.07) is 1.91. The van der Waals surface area contributed by atoms with Gasteiger partial charge in [-0.05, 0) is 31.5 Å². The Morgan fingerprint density at radius 2 is 2.29 bits per heavy atom. The number of benzene rings is 1. The van der Waals surface area contributed by atoms with E-state index in [1.807, 2.05) is 13.0 Å². The van der Waals surface area contributed by atoms with Crippen LogP contribution >= 0.6 is 11.6 Å². The first kappa shape index (κ1) is 9.62. The van der Waals surface area contributed by atoms with Crippen molar-refractivity contribution < 1.29 is 9.47 Å². The monoisotopic (exact) mass is 213 g/mol. The summed E-state index contributed by atoms with van der Waals surface area (Å²) >= 11 is 6.16. The molecular weight excluding hydrogens is 202 g/mol. The number of halogens is 1. The van der Waals surface area contributed by atoms with Crippen molar-refractivity contribution in [3.05, 3.63) is 22.2 Å². The molecule has 14 heavy (non-hydrogen) atoms. The first-order valence-electron chi connectivity index (χ1n) is 4.51. The van der Waals surface area contributed by atoms with E-state index in [0.717, 1.165) is 34.1 Å². The van der Waals surface area contributed by atoms with Crippen molar-refractivity contribution >= 4 is 11.6 Å². The molecule has 0 unspecified atom stereocenters. The fourth-order valence-electron chi connectivity index (χ4n) is 1.59. The van der Waals surface area contributed by atoms with Crippen LogP contribution in [0.5, 0.6) is 11.5 Å². The molecule has 0 amide bonds. The van der Waals surface area contributed by atoms with Gasteiger partial charge >= 0.3 is 0 Å². The predicted molar refractivity (Wildman–Crippen MR) is 55.1 cm³/mol. The molecule has 4 heteroatoms. The topological polar surface area (TPSA) is 44.5 Å². The molecule has 0 bridgehead atoms. The minimum absolute atomic E-state index is 0.276. The second-order valence-corrected chi connectivity index (χ2v) is 3.63. The molecule has 2 rings (SSSR count). The largest absolute Gasteiger partial charge is 0.454 e. The molecule has 0 radical (unpaired) electrons. The molecule has 1 aromatic carbocycles. The highest BCUT2D eigenvalue weighted by Crippen LogP contribution is 2.41. The molecule has 0 aliphatic carbocycles. The van der Waals surface area contributed by atoms with Crippen molar-refractivity contribution in [2.24, 2.45) is 5.73 Å². The molecule has 1 aromatic rings. The van der Waals surface area contributed by atoms with Gasteiger partial charge in [-0.2, -0.15) is 0 Å². The van der Waals surface area contributed by atoms with Crippen molar-refractivity contribution in [2.45, 2.75) is 13.3 Å². The zero-order valence-corrected chi connectivity index (χ0v) is 8.73. The van der Waals surface area contributed by atoms with Gasteiger partial charge in [0, 0.05) is 5.56 Å². The van der Waals surface area contributed by atoms with Crippen LogP contribution in [0.2, 0.25) is 5.02 Å². The molecule has 1 aliphatic rings. The van der Waals surface area contributed by atoms with E-state index in [4.69, 9.17) is 26.8 Å². The Balaban J connectivity index is 2.49. The maximum atomic E-state index is 6.16. The standard InChI is InChI=1S/C10H12ClNO2/c1-6-9(11)7(2-3-12)4-8-10(6)14-5-13-8/h4H,2-3,5,12H2,1H3. The van der Waals surface area contributed by atoms with Crippen molar-refractivity contribution in [1.29, 1.82) is 0 Å². The van der Waals surface area contributed by atoms with E-state index in [2.05, 4.69) is 0 Å². The van der Waals surface area contributed by atoms with Crippen LogP contribution < -0.4 is 15.2 Å². The van der Waals surface area contributed by atoms with Crippen LogP contribution in [0.4, 0.5) is 0 Å². The van der Waals surface area contributed by atoms with Gasteiger partial charge in [-0.3, -0.25) is 0 Å². The Morgan fingerprint density at radius 1 is 1.50 bits per heavy atom. The third-order valence-electron chi connectivity index (χ3n) is 2.31. The fourth-order valence-corrected chi connectivity index (χ4v) is 1.82. The van der Waals surface area contributed by atoms with Gasteiger partial charge in [-0.1, -0.05) is 11.6 Å². The van der Waals surface area contributed by atoms with Crippen molar-refractivity contribution in [1.82, 2.24) is 0 Å². The van der Waals surface area contributed by atoms with Crippen LogP contribution in [-0.2, 0) is 6.42 Å². The van der Waals surface area contributed by atoms with Crippen LogP contribution in [0.15, 0.2) is 6.07 Å². The zero-order chi connectivity index (χ0) is 10.1. The van der Waals surface area contributed by atoms with E-state index < -0.39 is 0 Å². The third kappa shape index (κ3) is 1.42. The molecule has 0 fully saturated rings. The average molecular weight is 214 g/mol. The molecule has 0 atom stereocenters. The van der Waals surface area contributed by atoms with Crippen molar-refractivity contribution in [3.63, 3.8) is 0 Å². The van der Waals surface area contributed by atoms with Gasteiger partial charge in [0.1, 0.15) is 0 Å². The van der Waals surface area contributed by atoms with Gasteiger partial charge in [-0.25, -0.2) is 0 Å². The molecule has 0 saturated carbocycles. The Labute approximate surface area is 87.8 Å². The van der Waals surface area contributed by atoms with Gasteiger partial charge in [0.05, 0.1) is 5.02 Å². The van der Waals surface area contributed by atoms with E-state index in [1.54, 1.807) is 0 Å². The normalized spacial score (nSPS) is 13.4. The SMILES string of the molecule is Cc1c(Cl)c(CCN)cc2c1OCO2. The van der Waals surface area contributed by atoms with E-state index in [0.29, 0.717) is 6.54 Å². The molecule has 0 spiro atoms. The van der Waals surface area contributed by atoms with Gasteiger partial charge in [-0.15, -0.1) is 0 Å². The maximum Gasteiger partial charge on any atom is 0.231 e. The lowest BCUT2D eigenvalue weighted by Crippen LogP contribution is -2.03. The summed E-state index contributed by atoms with van der Waals surface area (Å²) in [6.07, 6.45) is 0.760. The fraction of sp³-hybridized carbons (Fsp3) is 0.400. The van der Waals surface area contributed by atoms with E-state index in [9.17, 15) is 0 Å². The highest BCUT2D eigenvalue weighted by molar-refractivity contribution is 6.32. The molecule has 76 valence electrons. The van der Waals surface area contributed by atoms with Crippen molar-refractivity contribution in [2.75, 3.05) is 13.3 Å². The number of hydrogen-bond acceptors (Lipinski definition) is 3. The highest BCUT2D eigenvalue weighted by Gasteiger charge is 2.20. The van der Waals surface area contributed by atoms with Crippen LogP contribution in [0.1, 0.15) is 11.1 Å². The Hall–Kier alpha value is -0.930. The second-order valence-electron chi connectivity index (χ2n) is 3.25. The zero-order valence-electron chi connectivity index (χ0n) is 7.97. The first-order chi connectivity index (χ1) is 6.74. The lowest BCUT2D eigenvalue weighted by molar-refractivity contribution is 0.173. The minimum atomic E-state index is 0.276. The van der Waals surface area contributed by atoms with Crippen molar-refractivity contribution in [3.8, 4) is 11.5 Å². The summed E-state index contributed by atoms with van der Waals surface area (Å²) in [4.78, 5) is 0. The van der Waals surface area contributed by atoms with Crippen LogP contribution in [0.25, 0.3) is 0 Å². The maximum absolute atomic E-state index is 6.16. The van der Waals surface area contributed by atoms with E-state index in [-0.39, 0.29) is 6.79 Å². The summed E-state index contributed by atoms with van der Waals surface area (Å²) in [5.41, 5.74) is 7.45. The lowest BCUT2D eigenvalue weighted by Gasteiger charge is -2.08. The summed E-state index contributed by atoms with van der Waals surface area (Å²) in [5.74, 6) is 1.53. The summed E-state index contributed by atoms with van der Waals surface area (Å²) in [6.45, 7) is 2.78. The molecule has 1 heterocycles. The number of fused-ring (bicyclic) bond motifs is 1. The molecule has 3 nitrogen and oxygen atoms in total. The quantitative estimate of drug-likeness (QED) is 0.816. The molecular formula is C10H12ClNO2. The van der Waals surface area contributed by atoms with Crippen LogP contribution in [-0.4, -0.2) is 13.3 Å². The predicted octanol–water partition coefficient (Wildman–Crippen LogP) is 1.88. The van der Waals surface area contributed by atoms with Gasteiger partial charge < -0.3 is 15.2 Å². The van der Waals surface area contributed by atoms with Gasteiger partial charge in [0.15, 0.2) is 11.5 Å². The number of nitrogens with two attached hydrogens (primary N) is 1. The smallest absolute Gasteiger partial charge is 0.231 e. The summed E-state index contributed by atoms with van der Waals surface area (Å²) in [7, 11) is 0. The second kappa shape index (κ2) is 3.67. The number of hydrogen-bond donors (Lipinski definition) is 1. The van der Waals surface area contributed by atoms with E-state index in [1.165, 1.54) is 0 Å². The molecule has 2 N–H and O–H groups in total. The minimum Gasteiger partial charge on any atom is -0.454 e. The van der Waals surface area contributed by atoms with E-state index >= 15 is 0 Å².